The highest BCUT2D eigenvalue weighted by Crippen LogP contribution is 2.44. The van der Waals surface area contributed by atoms with E-state index in [9.17, 15) is 15.6 Å². The maximum atomic E-state index is 10.7. The summed E-state index contributed by atoms with van der Waals surface area (Å²) in [4.78, 5) is 15.1. The highest BCUT2D eigenvalue weighted by atomic mass is 16.3. The monoisotopic (exact) mass is 504 g/mol. The number of H-pyrrole nitrogens is 2. The van der Waals surface area contributed by atoms with Crippen molar-refractivity contribution in [2.24, 2.45) is 0 Å². The van der Waals surface area contributed by atoms with Crippen molar-refractivity contribution in [2.45, 2.75) is 0 Å². The normalized spacial score (nSPS) is 12.5. The number of aromatic hydroxyl groups is 1. The molecule has 0 aliphatic carbocycles. The van der Waals surface area contributed by atoms with Crippen LogP contribution in [0.4, 0.5) is 0 Å². The lowest BCUT2D eigenvalue weighted by molar-refractivity contribution is 0.476. The third-order valence-corrected chi connectivity index (χ3v) is 6.67. The number of nitrogens with zero attached hydrogens (tertiary/aromatic N) is 4. The first-order chi connectivity index (χ1) is 19.2. The first kappa shape index (κ1) is 23.5. The van der Waals surface area contributed by atoms with E-state index in [1.165, 1.54) is 0 Å². The second-order valence-corrected chi connectivity index (χ2v) is 8.89. The summed E-state index contributed by atoms with van der Waals surface area (Å²) >= 11 is 0. The summed E-state index contributed by atoms with van der Waals surface area (Å²) in [5, 5.41) is 33.2. The van der Waals surface area contributed by atoms with E-state index >= 15 is 0 Å². The van der Waals surface area contributed by atoms with Gasteiger partial charge in [-0.05, 0) is 36.4 Å². The van der Waals surface area contributed by atoms with E-state index in [0.29, 0.717) is 49.9 Å². The molecule has 0 amide bonds. The van der Waals surface area contributed by atoms with Crippen molar-refractivity contribution in [3.8, 4) is 17.9 Å². The average Bonchev–Trinajstić information content (AvgIpc) is 3.60. The number of allylic oxidation sites excluding steroid dienone is 4. The number of aromatic nitrogens is 4. The van der Waals surface area contributed by atoms with E-state index in [1.54, 1.807) is 61.3 Å². The van der Waals surface area contributed by atoms with Crippen LogP contribution in [0, 0.1) is 22.7 Å². The lowest BCUT2D eigenvalue weighted by atomic mass is 9.83. The van der Waals surface area contributed by atoms with Crippen molar-refractivity contribution in [1.82, 2.24) is 19.9 Å². The van der Waals surface area contributed by atoms with Crippen LogP contribution in [0.15, 0.2) is 104 Å². The van der Waals surface area contributed by atoms with Crippen LogP contribution in [0.2, 0.25) is 0 Å². The Hall–Kier alpha value is -5.92. The number of fused-ring (bicyclic) bond motifs is 2. The fourth-order valence-electron chi connectivity index (χ4n) is 4.94. The van der Waals surface area contributed by atoms with Gasteiger partial charge in [-0.25, -0.2) is 0 Å². The molecule has 0 unspecified atom stereocenters. The number of rotatable bonds is 5. The summed E-state index contributed by atoms with van der Waals surface area (Å²) < 4.78 is 0. The minimum atomic E-state index is 0.0862. The maximum absolute atomic E-state index is 10.7. The molecule has 6 rings (SSSR count). The van der Waals surface area contributed by atoms with Crippen LogP contribution in [0.3, 0.4) is 0 Å². The molecule has 7 heteroatoms. The van der Waals surface area contributed by atoms with Crippen molar-refractivity contribution in [1.29, 1.82) is 10.5 Å². The van der Waals surface area contributed by atoms with E-state index in [-0.39, 0.29) is 5.75 Å². The van der Waals surface area contributed by atoms with Crippen LogP contribution < -0.4 is 0 Å². The Balaban J connectivity index is 1.79. The van der Waals surface area contributed by atoms with Crippen LogP contribution in [0.5, 0.6) is 5.75 Å². The van der Waals surface area contributed by atoms with E-state index in [1.807, 2.05) is 42.6 Å². The fraction of sp³-hybridized carbons (Fsp3) is 0. The maximum Gasteiger partial charge on any atom is 0.116 e. The molecule has 0 spiro atoms. The van der Waals surface area contributed by atoms with Crippen molar-refractivity contribution < 1.29 is 5.11 Å². The Kier molecular flexibility index (Phi) is 5.93. The largest absolute Gasteiger partial charge is 0.508 e. The van der Waals surface area contributed by atoms with Gasteiger partial charge in [-0.15, -0.1) is 0 Å². The lowest BCUT2D eigenvalue weighted by Crippen LogP contribution is -2.00. The Labute approximate surface area is 223 Å². The molecule has 6 aromatic rings. The molecule has 0 radical (unpaired) electrons. The van der Waals surface area contributed by atoms with Crippen LogP contribution in [0.1, 0.15) is 22.3 Å². The summed E-state index contributed by atoms with van der Waals surface area (Å²) in [6.07, 6.45) is 10.3. The van der Waals surface area contributed by atoms with Gasteiger partial charge in [0.25, 0.3) is 0 Å². The Morgan fingerprint density at radius 3 is 1.79 bits per heavy atom. The Bertz CT molecular complexity index is 1980. The van der Waals surface area contributed by atoms with Gasteiger partial charge in [0.2, 0.25) is 0 Å². The number of pyridine rings is 2. The van der Waals surface area contributed by atoms with Gasteiger partial charge in [-0.2, -0.15) is 10.5 Å². The molecule has 184 valence electrons. The molecule has 4 aromatic heterocycles. The van der Waals surface area contributed by atoms with Crippen LogP contribution in [-0.4, -0.2) is 25.0 Å². The lowest BCUT2D eigenvalue weighted by Gasteiger charge is -2.18. The molecular weight excluding hydrogens is 484 g/mol. The zero-order chi connectivity index (χ0) is 26.8. The predicted molar refractivity (Wildman–Crippen MR) is 152 cm³/mol. The smallest absolute Gasteiger partial charge is 0.116 e. The minimum Gasteiger partial charge on any atom is -0.508 e. The van der Waals surface area contributed by atoms with Gasteiger partial charge in [0.1, 0.15) is 17.9 Å². The number of hydrogen-bond acceptors (Lipinski definition) is 5. The first-order valence-electron chi connectivity index (χ1n) is 12.2. The van der Waals surface area contributed by atoms with E-state index in [2.05, 4.69) is 32.1 Å². The summed E-state index contributed by atoms with van der Waals surface area (Å²) in [5.41, 5.74) is 6.10. The zero-order valence-corrected chi connectivity index (χ0v) is 20.6. The summed E-state index contributed by atoms with van der Waals surface area (Å²) in [6.45, 7) is 0. The number of hydrogen-bond donors (Lipinski definition) is 3. The standard InChI is InChI=1S/C32H20N6O/c33-14-25(27-18-37-29-8-2-1-7-23(27)29)31(20-5-3-11-35-16-20)32(21-6-4-12-36-17-21)26(15-34)28-19-38-30-10-9-22(39)13-24(28)30/h1-13,16-19,37-39H/b31-25-,32-26-. The van der Waals surface area contributed by atoms with Gasteiger partial charge < -0.3 is 15.1 Å². The third-order valence-electron chi connectivity index (χ3n) is 6.67. The van der Waals surface area contributed by atoms with Gasteiger partial charge in [0.15, 0.2) is 0 Å². The molecular formula is C32H20N6O. The minimum absolute atomic E-state index is 0.0862. The number of phenols is 1. The van der Waals surface area contributed by atoms with Gasteiger partial charge >= 0.3 is 0 Å². The number of aromatic amines is 2. The van der Waals surface area contributed by atoms with Crippen LogP contribution in [-0.2, 0) is 0 Å². The number of para-hydroxylation sites is 1. The molecule has 0 saturated heterocycles. The molecule has 0 aliphatic heterocycles. The van der Waals surface area contributed by atoms with E-state index in [4.69, 9.17) is 0 Å². The van der Waals surface area contributed by atoms with Crippen LogP contribution in [0.25, 0.3) is 44.1 Å². The fourth-order valence-corrected chi connectivity index (χ4v) is 4.94. The SMILES string of the molecule is N#C/C(=C(/C(=C(/C#N)c1c[nH]c2ccc(O)cc12)c1cccnc1)c1cccnc1)c1c[nH]c2ccccc12. The molecule has 0 saturated carbocycles. The van der Waals surface area contributed by atoms with Gasteiger partial charge in [-0.3, -0.25) is 9.97 Å². The van der Waals surface area contributed by atoms with Gasteiger partial charge in [0, 0.05) is 92.4 Å². The number of benzene rings is 2. The molecule has 39 heavy (non-hydrogen) atoms. The second kappa shape index (κ2) is 9.85. The number of nitriles is 2. The molecule has 4 heterocycles. The Morgan fingerprint density at radius 1 is 0.667 bits per heavy atom. The number of phenolic OH excluding ortho intramolecular Hbond substituents is 1. The second-order valence-electron chi connectivity index (χ2n) is 8.89. The van der Waals surface area contributed by atoms with E-state index in [0.717, 1.165) is 16.4 Å². The molecule has 0 fully saturated rings. The molecule has 2 aromatic carbocycles. The van der Waals surface area contributed by atoms with Crippen molar-refractivity contribution >= 4 is 44.1 Å². The third kappa shape index (κ3) is 4.11. The van der Waals surface area contributed by atoms with E-state index < -0.39 is 0 Å². The topological polar surface area (TPSA) is 125 Å². The highest BCUT2D eigenvalue weighted by Gasteiger charge is 2.25. The molecule has 0 bridgehead atoms. The quantitative estimate of drug-likeness (QED) is 0.178. The summed E-state index contributed by atoms with van der Waals surface area (Å²) in [5.74, 6) is 0.0862. The average molecular weight is 505 g/mol. The molecule has 0 atom stereocenters. The van der Waals surface area contributed by atoms with Crippen molar-refractivity contribution in [3.63, 3.8) is 0 Å². The highest BCUT2D eigenvalue weighted by molar-refractivity contribution is 6.27. The van der Waals surface area contributed by atoms with Crippen LogP contribution >= 0.6 is 0 Å². The summed E-state index contributed by atoms with van der Waals surface area (Å²) in [7, 11) is 0. The van der Waals surface area contributed by atoms with Gasteiger partial charge in [0.05, 0.1) is 11.1 Å². The molecule has 7 nitrogen and oxygen atoms in total. The molecule has 3 N–H and O–H groups in total. The Morgan fingerprint density at radius 2 is 1.23 bits per heavy atom. The van der Waals surface area contributed by atoms with Crippen molar-refractivity contribution in [3.05, 3.63) is 126 Å². The first-order valence-corrected chi connectivity index (χ1v) is 12.2. The zero-order valence-electron chi connectivity index (χ0n) is 20.6. The summed E-state index contributed by atoms with van der Waals surface area (Å²) in [6, 6.07) is 24.9. The van der Waals surface area contributed by atoms with Crippen molar-refractivity contribution in [2.75, 3.05) is 0 Å². The predicted octanol–water partition coefficient (Wildman–Crippen LogP) is 6.71. The number of nitrogens with one attached hydrogen (secondary N) is 2. The van der Waals surface area contributed by atoms with Gasteiger partial charge in [-0.1, -0.05) is 30.3 Å². The molecule has 0 aliphatic rings.